The third-order valence-corrected chi connectivity index (χ3v) is 5.17. The second-order valence-corrected chi connectivity index (χ2v) is 6.26. The lowest BCUT2D eigenvalue weighted by atomic mass is 9.60. The number of rotatable bonds is 4. The van der Waals surface area contributed by atoms with Crippen LogP contribution in [0.5, 0.6) is 0 Å². The predicted molar refractivity (Wildman–Crippen MR) is 71.0 cm³/mol. The van der Waals surface area contributed by atoms with E-state index in [1.807, 2.05) is 0 Å². The van der Waals surface area contributed by atoms with Gasteiger partial charge in [0, 0.05) is 6.61 Å². The summed E-state index contributed by atoms with van der Waals surface area (Å²) in [6, 6.07) is 0. The Hall–Kier alpha value is -0.380. The van der Waals surface area contributed by atoms with Crippen LogP contribution in [0.4, 0.5) is 0 Å². The normalized spacial score (nSPS) is 37.9. The van der Waals surface area contributed by atoms with Gasteiger partial charge in [-0.05, 0) is 54.4 Å². The summed E-state index contributed by atoms with van der Waals surface area (Å²) in [6.07, 6.45) is 7.09. The number of fused-ring (bicyclic) bond motifs is 1. The van der Waals surface area contributed by atoms with Gasteiger partial charge < -0.3 is 5.11 Å². The first-order chi connectivity index (χ1) is 8.67. The maximum Gasteiger partial charge on any atom is 0.103 e. The molecule has 3 nitrogen and oxygen atoms in total. The Morgan fingerprint density at radius 2 is 2.17 bits per heavy atom. The number of aliphatic hydroxyl groups is 1. The Labute approximate surface area is 110 Å². The van der Waals surface area contributed by atoms with Gasteiger partial charge in [0.1, 0.15) is 6.61 Å². The number of aliphatic hydroxyl groups excluding tert-OH is 1. The number of hydrogen-bond acceptors (Lipinski definition) is 3. The molecule has 2 aliphatic rings. The molecule has 0 radical (unpaired) electrons. The van der Waals surface area contributed by atoms with Gasteiger partial charge in [-0.1, -0.05) is 26.3 Å². The van der Waals surface area contributed by atoms with E-state index in [0.717, 1.165) is 18.3 Å². The van der Waals surface area contributed by atoms with E-state index in [9.17, 15) is 5.11 Å². The first-order valence-corrected chi connectivity index (χ1v) is 7.24. The summed E-state index contributed by atoms with van der Waals surface area (Å²) in [5, 5.41) is 18.0. The first kappa shape index (κ1) is 14.0. The molecule has 0 aromatic rings. The summed E-state index contributed by atoms with van der Waals surface area (Å²) in [4.78, 5) is 4.29. The Balaban J connectivity index is 2.16. The van der Waals surface area contributed by atoms with Crippen LogP contribution >= 0.6 is 0 Å². The molecular weight excluding hydrogens is 228 g/mol. The predicted octanol–water partition coefficient (Wildman–Crippen LogP) is 3.10. The van der Waals surface area contributed by atoms with Crippen LogP contribution in [0.25, 0.3) is 0 Å². The molecule has 0 spiro atoms. The molecule has 0 amide bonds. The van der Waals surface area contributed by atoms with Crippen LogP contribution in [0.15, 0.2) is 11.6 Å². The SMILES string of the molecule is C[C@@H]1CC[C@@H]([C@@H](C)CO)[C@H]2C=C(COO)CC[C@H]21. The largest absolute Gasteiger partial charge is 0.396 e. The highest BCUT2D eigenvalue weighted by Crippen LogP contribution is 2.47. The van der Waals surface area contributed by atoms with Gasteiger partial charge in [0.15, 0.2) is 0 Å². The van der Waals surface area contributed by atoms with Crippen molar-refractivity contribution in [3.05, 3.63) is 11.6 Å². The van der Waals surface area contributed by atoms with Gasteiger partial charge in [0.05, 0.1) is 0 Å². The Bertz CT molecular complexity index is 300. The fraction of sp³-hybridized carbons (Fsp3) is 0.867. The van der Waals surface area contributed by atoms with Gasteiger partial charge in [-0.3, -0.25) is 5.26 Å². The minimum absolute atomic E-state index is 0.280. The average Bonchev–Trinajstić information content (AvgIpc) is 2.39. The second kappa shape index (κ2) is 6.18. The lowest BCUT2D eigenvalue weighted by molar-refractivity contribution is -0.234. The van der Waals surface area contributed by atoms with E-state index in [0.29, 0.717) is 24.4 Å². The van der Waals surface area contributed by atoms with Crippen molar-refractivity contribution < 1.29 is 15.3 Å². The maximum absolute atomic E-state index is 9.43. The molecule has 0 aromatic carbocycles. The van der Waals surface area contributed by atoms with E-state index in [1.54, 1.807) is 0 Å². The van der Waals surface area contributed by atoms with Crippen LogP contribution < -0.4 is 0 Å². The van der Waals surface area contributed by atoms with Gasteiger partial charge in [0.2, 0.25) is 0 Å². The van der Waals surface area contributed by atoms with E-state index in [2.05, 4.69) is 24.8 Å². The molecule has 18 heavy (non-hydrogen) atoms. The van der Waals surface area contributed by atoms with E-state index in [4.69, 9.17) is 5.26 Å². The minimum Gasteiger partial charge on any atom is -0.396 e. The summed E-state index contributed by atoms with van der Waals surface area (Å²) in [7, 11) is 0. The summed E-state index contributed by atoms with van der Waals surface area (Å²) in [5.74, 6) is 3.06. The van der Waals surface area contributed by atoms with Gasteiger partial charge in [-0.25, -0.2) is 4.89 Å². The first-order valence-electron chi connectivity index (χ1n) is 7.24. The smallest absolute Gasteiger partial charge is 0.103 e. The molecule has 0 aromatic heterocycles. The van der Waals surface area contributed by atoms with E-state index < -0.39 is 0 Å². The maximum atomic E-state index is 9.43. The third-order valence-electron chi connectivity index (χ3n) is 5.17. The highest BCUT2D eigenvalue weighted by molar-refractivity contribution is 5.13. The fourth-order valence-corrected chi connectivity index (χ4v) is 3.99. The molecule has 0 bridgehead atoms. The van der Waals surface area contributed by atoms with Gasteiger partial charge in [0.25, 0.3) is 0 Å². The zero-order chi connectivity index (χ0) is 13.1. The number of allylic oxidation sites excluding steroid dienone is 1. The van der Waals surface area contributed by atoms with Crippen LogP contribution in [0, 0.1) is 29.6 Å². The third kappa shape index (κ3) is 2.79. The monoisotopic (exact) mass is 254 g/mol. The lowest BCUT2D eigenvalue weighted by Gasteiger charge is -2.45. The van der Waals surface area contributed by atoms with Crippen molar-refractivity contribution in [3.8, 4) is 0 Å². The summed E-state index contributed by atoms with van der Waals surface area (Å²) in [5.41, 5.74) is 1.22. The van der Waals surface area contributed by atoms with E-state index in [1.165, 1.54) is 24.8 Å². The standard InChI is InChI=1S/C15H26O3/c1-10-3-5-14(11(2)8-16)15-7-12(9-18-17)4-6-13(10)15/h7,10-11,13-17H,3-6,8-9H2,1-2H3/t10-,11+,13+,14+,15+/m1/s1. The molecule has 5 atom stereocenters. The molecule has 1 saturated carbocycles. The van der Waals surface area contributed by atoms with Crippen molar-refractivity contribution >= 4 is 0 Å². The molecular formula is C15H26O3. The Morgan fingerprint density at radius 3 is 2.83 bits per heavy atom. The summed E-state index contributed by atoms with van der Waals surface area (Å²) < 4.78 is 0. The Morgan fingerprint density at radius 1 is 1.39 bits per heavy atom. The van der Waals surface area contributed by atoms with Crippen molar-refractivity contribution in [2.24, 2.45) is 29.6 Å². The minimum atomic E-state index is 0.280. The average molecular weight is 254 g/mol. The van der Waals surface area contributed by atoms with Gasteiger partial charge >= 0.3 is 0 Å². The van der Waals surface area contributed by atoms with Crippen LogP contribution in [-0.2, 0) is 4.89 Å². The highest BCUT2D eigenvalue weighted by atomic mass is 17.1. The number of hydrogen-bond donors (Lipinski definition) is 2. The molecule has 1 fully saturated rings. The van der Waals surface area contributed by atoms with Gasteiger partial charge in [-0.2, -0.15) is 0 Å². The van der Waals surface area contributed by atoms with Crippen LogP contribution in [0.2, 0.25) is 0 Å². The molecule has 0 saturated heterocycles. The van der Waals surface area contributed by atoms with Crippen LogP contribution in [0.3, 0.4) is 0 Å². The molecule has 2 N–H and O–H groups in total. The molecule has 0 heterocycles. The van der Waals surface area contributed by atoms with Crippen LogP contribution in [-0.4, -0.2) is 23.6 Å². The molecule has 2 aliphatic carbocycles. The van der Waals surface area contributed by atoms with Crippen molar-refractivity contribution in [2.75, 3.05) is 13.2 Å². The quantitative estimate of drug-likeness (QED) is 0.460. The van der Waals surface area contributed by atoms with Crippen molar-refractivity contribution in [1.29, 1.82) is 0 Å². The van der Waals surface area contributed by atoms with Gasteiger partial charge in [-0.15, -0.1) is 0 Å². The van der Waals surface area contributed by atoms with Crippen LogP contribution in [0.1, 0.15) is 39.5 Å². The summed E-state index contributed by atoms with van der Waals surface area (Å²) in [6.45, 7) is 5.14. The molecule has 2 rings (SSSR count). The highest BCUT2D eigenvalue weighted by Gasteiger charge is 2.39. The molecule has 104 valence electrons. The second-order valence-electron chi connectivity index (χ2n) is 6.26. The van der Waals surface area contributed by atoms with Crippen molar-refractivity contribution in [1.82, 2.24) is 0 Å². The summed E-state index contributed by atoms with van der Waals surface area (Å²) >= 11 is 0. The fourth-order valence-electron chi connectivity index (χ4n) is 3.99. The Kier molecular flexibility index (Phi) is 4.82. The zero-order valence-electron chi connectivity index (χ0n) is 11.5. The topological polar surface area (TPSA) is 49.7 Å². The molecule has 0 unspecified atom stereocenters. The van der Waals surface area contributed by atoms with E-state index in [-0.39, 0.29) is 6.61 Å². The van der Waals surface area contributed by atoms with Crippen molar-refractivity contribution in [2.45, 2.75) is 39.5 Å². The lowest BCUT2D eigenvalue weighted by Crippen LogP contribution is -2.38. The van der Waals surface area contributed by atoms with E-state index >= 15 is 0 Å². The molecule has 0 aliphatic heterocycles. The molecule has 3 heteroatoms. The van der Waals surface area contributed by atoms with Crippen molar-refractivity contribution in [3.63, 3.8) is 0 Å². The zero-order valence-corrected chi connectivity index (χ0v) is 11.5.